The molecule has 0 atom stereocenters. The first-order valence-electron chi connectivity index (χ1n) is 7.20. The second kappa shape index (κ2) is 6.11. The van der Waals surface area contributed by atoms with Crippen LogP contribution in [0, 0.1) is 6.92 Å². The summed E-state index contributed by atoms with van der Waals surface area (Å²) in [5.74, 6) is 0.345. The Bertz CT molecular complexity index is 557. The smallest absolute Gasteiger partial charge is 0.116 e. The van der Waals surface area contributed by atoms with Gasteiger partial charge in [-0.2, -0.15) is 0 Å². The van der Waals surface area contributed by atoms with Gasteiger partial charge in [-0.05, 0) is 50.1 Å². The van der Waals surface area contributed by atoms with Gasteiger partial charge in [0.05, 0.1) is 0 Å². The predicted molar refractivity (Wildman–Crippen MR) is 80.6 cm³/mol. The molecular weight excluding hydrogens is 236 g/mol. The van der Waals surface area contributed by atoms with Gasteiger partial charge in [-0.3, -0.25) is 0 Å². The number of hydrogen-bond acceptors (Lipinski definition) is 2. The van der Waals surface area contributed by atoms with Crippen LogP contribution in [0.15, 0.2) is 18.2 Å². The summed E-state index contributed by atoms with van der Waals surface area (Å²) in [6.07, 6.45) is 2.26. The lowest BCUT2D eigenvalue weighted by molar-refractivity contribution is 0.476. The summed E-state index contributed by atoms with van der Waals surface area (Å²) in [5, 5.41) is 14.4. The summed E-state index contributed by atoms with van der Waals surface area (Å²) < 4.78 is 2.36. The number of nitrogens with zero attached hydrogens (tertiary/aromatic N) is 1. The Kier molecular flexibility index (Phi) is 4.48. The Hall–Kier alpha value is -1.48. The highest BCUT2D eigenvalue weighted by Crippen LogP contribution is 2.29. The molecule has 0 aliphatic carbocycles. The molecule has 104 valence electrons. The van der Waals surface area contributed by atoms with Gasteiger partial charge < -0.3 is 15.0 Å². The lowest BCUT2D eigenvalue weighted by atomic mass is 10.1. The fourth-order valence-corrected chi connectivity index (χ4v) is 2.66. The number of hydrogen-bond donors (Lipinski definition) is 2. The summed E-state index contributed by atoms with van der Waals surface area (Å²) in [6.45, 7) is 9.47. The maximum atomic E-state index is 9.73. The second-order valence-corrected chi connectivity index (χ2v) is 5.09. The number of phenolic OH excluding ortho intramolecular Hbond substituents is 1. The summed E-state index contributed by atoms with van der Waals surface area (Å²) in [5.41, 5.74) is 3.85. The molecule has 2 N–H and O–H groups in total. The van der Waals surface area contributed by atoms with Gasteiger partial charge in [0, 0.05) is 29.7 Å². The van der Waals surface area contributed by atoms with Gasteiger partial charge in [0.15, 0.2) is 0 Å². The Morgan fingerprint density at radius 3 is 2.68 bits per heavy atom. The van der Waals surface area contributed by atoms with Crippen LogP contribution in [0.25, 0.3) is 10.9 Å². The number of phenols is 1. The van der Waals surface area contributed by atoms with Crippen LogP contribution in [0.1, 0.15) is 37.9 Å². The number of aromatic hydroxyl groups is 1. The molecule has 1 aromatic heterocycles. The Labute approximate surface area is 115 Å². The van der Waals surface area contributed by atoms with Gasteiger partial charge in [-0.25, -0.2) is 0 Å². The molecule has 0 spiro atoms. The van der Waals surface area contributed by atoms with Crippen molar-refractivity contribution in [3.05, 3.63) is 29.5 Å². The molecule has 3 heteroatoms. The maximum Gasteiger partial charge on any atom is 0.116 e. The summed E-state index contributed by atoms with van der Waals surface area (Å²) in [4.78, 5) is 0. The van der Waals surface area contributed by atoms with Gasteiger partial charge in [-0.15, -0.1) is 0 Å². The van der Waals surface area contributed by atoms with Crippen molar-refractivity contribution in [2.24, 2.45) is 0 Å². The first-order valence-corrected chi connectivity index (χ1v) is 7.20. The minimum atomic E-state index is 0.345. The standard InChI is InChI=1S/C16H24N2O/c1-4-8-17-11-15-12(3)18(9-5-2)16-7-6-13(19)10-14(15)16/h6-7,10,17,19H,4-5,8-9,11H2,1-3H3. The van der Waals surface area contributed by atoms with Crippen molar-refractivity contribution >= 4 is 10.9 Å². The molecule has 1 aromatic carbocycles. The third-order valence-corrected chi connectivity index (χ3v) is 3.61. The highest BCUT2D eigenvalue weighted by atomic mass is 16.3. The normalized spacial score (nSPS) is 11.3. The minimum Gasteiger partial charge on any atom is -0.508 e. The van der Waals surface area contributed by atoms with Gasteiger partial charge in [0.2, 0.25) is 0 Å². The van der Waals surface area contributed by atoms with Crippen molar-refractivity contribution in [2.75, 3.05) is 6.54 Å². The van der Waals surface area contributed by atoms with Crippen molar-refractivity contribution in [2.45, 2.75) is 46.7 Å². The Morgan fingerprint density at radius 1 is 1.21 bits per heavy atom. The van der Waals surface area contributed by atoms with Gasteiger partial charge in [0.25, 0.3) is 0 Å². The third-order valence-electron chi connectivity index (χ3n) is 3.61. The molecule has 0 aliphatic heterocycles. The molecule has 0 saturated carbocycles. The van der Waals surface area contributed by atoms with Crippen molar-refractivity contribution in [3.63, 3.8) is 0 Å². The van der Waals surface area contributed by atoms with Crippen molar-refractivity contribution in [1.29, 1.82) is 0 Å². The molecule has 3 nitrogen and oxygen atoms in total. The quantitative estimate of drug-likeness (QED) is 0.779. The van der Waals surface area contributed by atoms with Crippen LogP contribution in [0.4, 0.5) is 0 Å². The topological polar surface area (TPSA) is 37.2 Å². The number of benzene rings is 1. The van der Waals surface area contributed by atoms with E-state index in [1.54, 1.807) is 6.07 Å². The van der Waals surface area contributed by atoms with Crippen molar-refractivity contribution in [1.82, 2.24) is 9.88 Å². The van der Waals surface area contributed by atoms with Crippen molar-refractivity contribution < 1.29 is 5.11 Å². The highest BCUT2D eigenvalue weighted by molar-refractivity contribution is 5.86. The Morgan fingerprint density at radius 2 is 2.00 bits per heavy atom. The highest BCUT2D eigenvalue weighted by Gasteiger charge is 2.13. The molecule has 0 unspecified atom stereocenters. The van der Waals surface area contributed by atoms with Crippen LogP contribution in [-0.4, -0.2) is 16.2 Å². The van der Waals surface area contributed by atoms with Gasteiger partial charge >= 0.3 is 0 Å². The molecule has 2 aromatic rings. The van der Waals surface area contributed by atoms with E-state index in [-0.39, 0.29) is 0 Å². The average molecular weight is 260 g/mol. The van der Waals surface area contributed by atoms with E-state index in [1.807, 2.05) is 12.1 Å². The van der Waals surface area contributed by atoms with E-state index in [2.05, 4.69) is 30.7 Å². The largest absolute Gasteiger partial charge is 0.508 e. The first-order chi connectivity index (χ1) is 9.19. The fourth-order valence-electron chi connectivity index (χ4n) is 2.66. The number of nitrogens with one attached hydrogen (secondary N) is 1. The average Bonchev–Trinajstić information content (AvgIpc) is 2.64. The van der Waals surface area contributed by atoms with Crippen LogP contribution in [-0.2, 0) is 13.1 Å². The van der Waals surface area contributed by atoms with Crippen LogP contribution in [0.5, 0.6) is 5.75 Å². The molecule has 0 saturated heterocycles. The zero-order chi connectivity index (χ0) is 13.8. The summed E-state index contributed by atoms with van der Waals surface area (Å²) >= 11 is 0. The van der Waals surface area contributed by atoms with E-state index in [9.17, 15) is 5.11 Å². The van der Waals surface area contributed by atoms with E-state index in [0.717, 1.165) is 32.5 Å². The summed E-state index contributed by atoms with van der Waals surface area (Å²) in [7, 11) is 0. The lowest BCUT2D eigenvalue weighted by Gasteiger charge is -2.07. The predicted octanol–water partition coefficient (Wildman–Crippen LogP) is 3.56. The van der Waals surface area contributed by atoms with E-state index >= 15 is 0 Å². The number of aromatic nitrogens is 1. The monoisotopic (exact) mass is 260 g/mol. The molecule has 0 bridgehead atoms. The molecule has 0 amide bonds. The molecule has 1 heterocycles. The zero-order valence-corrected chi connectivity index (χ0v) is 12.2. The minimum absolute atomic E-state index is 0.345. The van der Waals surface area contributed by atoms with Gasteiger partial charge in [-0.1, -0.05) is 13.8 Å². The van der Waals surface area contributed by atoms with Crippen molar-refractivity contribution in [3.8, 4) is 5.75 Å². The molecule has 0 radical (unpaired) electrons. The third kappa shape index (κ3) is 2.76. The zero-order valence-electron chi connectivity index (χ0n) is 12.2. The van der Waals surface area contributed by atoms with E-state index < -0.39 is 0 Å². The fraction of sp³-hybridized carbons (Fsp3) is 0.500. The first kappa shape index (κ1) is 13.9. The van der Waals surface area contributed by atoms with Crippen LogP contribution in [0.2, 0.25) is 0 Å². The summed E-state index contributed by atoms with van der Waals surface area (Å²) in [6, 6.07) is 5.69. The second-order valence-electron chi connectivity index (χ2n) is 5.09. The molecule has 0 fully saturated rings. The van der Waals surface area contributed by atoms with E-state index in [1.165, 1.54) is 22.2 Å². The molecular formula is C16H24N2O. The number of fused-ring (bicyclic) bond motifs is 1. The van der Waals surface area contributed by atoms with Crippen LogP contribution < -0.4 is 5.32 Å². The number of aryl methyl sites for hydroxylation is 1. The van der Waals surface area contributed by atoms with Gasteiger partial charge in [0.1, 0.15) is 5.75 Å². The molecule has 2 rings (SSSR count). The lowest BCUT2D eigenvalue weighted by Crippen LogP contribution is -2.14. The van der Waals surface area contributed by atoms with Crippen LogP contribution in [0.3, 0.4) is 0 Å². The Balaban J connectivity index is 2.47. The molecule has 0 aliphatic rings. The van der Waals surface area contributed by atoms with E-state index in [0.29, 0.717) is 5.75 Å². The SMILES string of the molecule is CCCNCc1c(C)n(CCC)c2ccc(O)cc12. The maximum absolute atomic E-state index is 9.73. The van der Waals surface area contributed by atoms with E-state index in [4.69, 9.17) is 0 Å². The number of rotatable bonds is 6. The van der Waals surface area contributed by atoms with Crippen LogP contribution >= 0.6 is 0 Å². The molecule has 19 heavy (non-hydrogen) atoms.